The molecule has 2 heterocycles. The Bertz CT molecular complexity index is 442. The monoisotopic (exact) mass is 240 g/mol. The number of pyridine rings is 1. The first-order valence-corrected chi connectivity index (χ1v) is 5.81. The highest BCUT2D eigenvalue weighted by molar-refractivity contribution is 5.32. The zero-order valence-electron chi connectivity index (χ0n) is 9.27. The Morgan fingerprint density at radius 3 is 3.00 bits per heavy atom. The maximum atomic E-state index is 14.3. The van der Waals surface area contributed by atoms with Crippen molar-refractivity contribution in [2.75, 3.05) is 0 Å². The number of nitrogens with zero attached hydrogens (tertiary/aromatic N) is 1. The lowest BCUT2D eigenvalue weighted by atomic mass is 9.73. The van der Waals surface area contributed by atoms with Crippen LogP contribution in [-0.2, 0) is 0 Å². The van der Waals surface area contributed by atoms with Crippen LogP contribution in [0.15, 0.2) is 18.3 Å². The summed E-state index contributed by atoms with van der Waals surface area (Å²) in [5.74, 6) is 0.340. The molecule has 1 aliphatic carbocycles. The molecule has 92 valence electrons. The third kappa shape index (κ3) is 1.52. The summed E-state index contributed by atoms with van der Waals surface area (Å²) in [5, 5.41) is 0. The van der Waals surface area contributed by atoms with Gasteiger partial charge in [-0.2, -0.15) is 0 Å². The highest BCUT2D eigenvalue weighted by Gasteiger charge is 2.56. The second kappa shape index (κ2) is 3.63. The van der Waals surface area contributed by atoms with Crippen molar-refractivity contribution in [3.05, 3.63) is 23.9 Å². The van der Waals surface area contributed by atoms with Crippen molar-refractivity contribution in [3.63, 3.8) is 0 Å². The molecule has 0 amide bonds. The minimum atomic E-state index is -1.88. The fraction of sp³-hybridized carbons (Fsp3) is 0.583. The van der Waals surface area contributed by atoms with Crippen molar-refractivity contribution in [1.82, 2.24) is 4.98 Å². The highest BCUT2D eigenvalue weighted by atomic mass is 19.2. The summed E-state index contributed by atoms with van der Waals surface area (Å²) in [6, 6.07) is 3.23. The number of alkyl halides is 2. The van der Waals surface area contributed by atoms with Crippen molar-refractivity contribution < 1.29 is 13.5 Å². The van der Waals surface area contributed by atoms with Gasteiger partial charge in [0.2, 0.25) is 5.88 Å². The predicted octanol–water partition coefficient (Wildman–Crippen LogP) is 2.07. The van der Waals surface area contributed by atoms with Gasteiger partial charge in [0.15, 0.2) is 5.67 Å². The number of aromatic nitrogens is 1. The molecule has 3 nitrogen and oxygen atoms in total. The first kappa shape index (κ1) is 10.9. The lowest BCUT2D eigenvalue weighted by molar-refractivity contribution is -0.120. The van der Waals surface area contributed by atoms with E-state index in [4.69, 9.17) is 10.5 Å². The number of hydrogen-bond acceptors (Lipinski definition) is 3. The average molecular weight is 240 g/mol. The van der Waals surface area contributed by atoms with Gasteiger partial charge in [0.1, 0.15) is 12.3 Å². The summed E-state index contributed by atoms with van der Waals surface area (Å²) in [6.45, 7) is 0. The summed E-state index contributed by atoms with van der Waals surface area (Å²) in [5.41, 5.74) is 4.83. The molecule has 17 heavy (non-hydrogen) atoms. The highest BCUT2D eigenvalue weighted by Crippen LogP contribution is 2.47. The third-order valence-electron chi connectivity index (χ3n) is 3.76. The van der Waals surface area contributed by atoms with E-state index in [1.165, 1.54) is 0 Å². The summed E-state index contributed by atoms with van der Waals surface area (Å²) in [6.07, 6.45) is 0.0740. The quantitative estimate of drug-likeness (QED) is 0.817. The van der Waals surface area contributed by atoms with Crippen LogP contribution in [0.3, 0.4) is 0 Å². The molecule has 3 rings (SSSR count). The molecule has 1 saturated carbocycles. The molecule has 0 spiro atoms. The van der Waals surface area contributed by atoms with Gasteiger partial charge in [-0.05, 0) is 18.9 Å². The van der Waals surface area contributed by atoms with Crippen LogP contribution in [-0.4, -0.2) is 22.9 Å². The normalized spacial score (nSPS) is 40.1. The summed E-state index contributed by atoms with van der Waals surface area (Å²) in [4.78, 5) is 4.03. The van der Waals surface area contributed by atoms with E-state index >= 15 is 0 Å². The molecule has 2 aliphatic rings. The SMILES string of the molecule is NC1CC(C2(F)CCC2F)Oc2ncccc21. The number of fused-ring (bicyclic) bond motifs is 1. The largest absolute Gasteiger partial charge is 0.471 e. The Kier molecular flexibility index (Phi) is 2.33. The van der Waals surface area contributed by atoms with Crippen molar-refractivity contribution in [1.29, 1.82) is 0 Å². The Morgan fingerprint density at radius 1 is 1.53 bits per heavy atom. The molecule has 0 aromatic carbocycles. The Labute approximate surface area is 98.0 Å². The maximum Gasteiger partial charge on any atom is 0.218 e. The van der Waals surface area contributed by atoms with Gasteiger partial charge in [-0.25, -0.2) is 13.8 Å². The number of ether oxygens (including phenoxy) is 1. The Hall–Kier alpha value is -1.23. The van der Waals surface area contributed by atoms with E-state index in [0.29, 0.717) is 12.3 Å². The fourth-order valence-corrected chi connectivity index (χ4v) is 2.51. The minimum absolute atomic E-state index is 0.202. The summed E-state index contributed by atoms with van der Waals surface area (Å²) in [7, 11) is 0. The first-order valence-electron chi connectivity index (χ1n) is 5.81. The van der Waals surface area contributed by atoms with Crippen LogP contribution >= 0.6 is 0 Å². The molecule has 1 fully saturated rings. The number of nitrogens with two attached hydrogens (primary N) is 1. The van der Waals surface area contributed by atoms with Gasteiger partial charge >= 0.3 is 0 Å². The van der Waals surface area contributed by atoms with E-state index in [1.807, 2.05) is 6.07 Å². The zero-order chi connectivity index (χ0) is 12.0. The van der Waals surface area contributed by atoms with E-state index < -0.39 is 17.9 Å². The van der Waals surface area contributed by atoms with E-state index in [1.54, 1.807) is 12.3 Å². The molecule has 0 saturated heterocycles. The molecule has 4 unspecified atom stereocenters. The molecule has 4 atom stereocenters. The molecule has 0 bridgehead atoms. The standard InChI is InChI=1S/C12H14F2N2O/c13-9-3-4-12(9,14)10-6-8(15)7-2-1-5-16-11(7)17-10/h1-2,5,8-10H,3-4,6,15H2. The molecule has 2 N–H and O–H groups in total. The molecule has 1 aromatic rings. The van der Waals surface area contributed by atoms with Gasteiger partial charge in [0.25, 0.3) is 0 Å². The second-order valence-corrected chi connectivity index (χ2v) is 4.78. The molecular weight excluding hydrogens is 226 g/mol. The Morgan fingerprint density at radius 2 is 2.35 bits per heavy atom. The predicted molar refractivity (Wildman–Crippen MR) is 58.2 cm³/mol. The average Bonchev–Trinajstić information content (AvgIpc) is 2.36. The smallest absolute Gasteiger partial charge is 0.218 e. The first-order chi connectivity index (χ1) is 8.11. The number of halogens is 2. The van der Waals surface area contributed by atoms with Gasteiger partial charge in [0, 0.05) is 24.2 Å². The molecule has 1 aliphatic heterocycles. The van der Waals surface area contributed by atoms with Crippen LogP contribution in [0.2, 0.25) is 0 Å². The number of rotatable bonds is 1. The van der Waals surface area contributed by atoms with Crippen molar-refractivity contribution in [3.8, 4) is 5.88 Å². The topological polar surface area (TPSA) is 48.1 Å². The van der Waals surface area contributed by atoms with Crippen LogP contribution in [0.25, 0.3) is 0 Å². The lowest BCUT2D eigenvalue weighted by Gasteiger charge is -2.45. The molecule has 5 heteroatoms. The minimum Gasteiger partial charge on any atom is -0.471 e. The summed E-state index contributed by atoms with van der Waals surface area (Å²) >= 11 is 0. The van der Waals surface area contributed by atoms with Crippen LogP contribution in [0.5, 0.6) is 5.88 Å². The van der Waals surface area contributed by atoms with E-state index in [9.17, 15) is 8.78 Å². The van der Waals surface area contributed by atoms with E-state index in [-0.39, 0.29) is 18.9 Å². The van der Waals surface area contributed by atoms with Crippen molar-refractivity contribution >= 4 is 0 Å². The summed E-state index contributed by atoms with van der Waals surface area (Å²) < 4.78 is 33.1. The van der Waals surface area contributed by atoms with E-state index in [0.717, 1.165) is 5.56 Å². The lowest BCUT2D eigenvalue weighted by Crippen LogP contribution is -2.58. The van der Waals surface area contributed by atoms with Gasteiger partial charge in [-0.15, -0.1) is 0 Å². The fourth-order valence-electron chi connectivity index (χ4n) is 2.51. The van der Waals surface area contributed by atoms with Crippen molar-refractivity contribution in [2.45, 2.75) is 43.2 Å². The Balaban J connectivity index is 1.89. The van der Waals surface area contributed by atoms with Crippen LogP contribution < -0.4 is 10.5 Å². The molecular formula is C12H14F2N2O. The number of hydrogen-bond donors (Lipinski definition) is 1. The second-order valence-electron chi connectivity index (χ2n) is 4.78. The van der Waals surface area contributed by atoms with Crippen LogP contribution in [0, 0.1) is 0 Å². The zero-order valence-corrected chi connectivity index (χ0v) is 9.27. The van der Waals surface area contributed by atoms with Gasteiger partial charge in [-0.1, -0.05) is 6.07 Å². The van der Waals surface area contributed by atoms with Crippen LogP contribution in [0.4, 0.5) is 8.78 Å². The van der Waals surface area contributed by atoms with Gasteiger partial charge in [0.05, 0.1) is 0 Å². The van der Waals surface area contributed by atoms with Gasteiger partial charge < -0.3 is 10.5 Å². The third-order valence-corrected chi connectivity index (χ3v) is 3.76. The molecule has 1 aromatic heterocycles. The molecule has 0 radical (unpaired) electrons. The van der Waals surface area contributed by atoms with Gasteiger partial charge in [-0.3, -0.25) is 0 Å². The maximum absolute atomic E-state index is 14.3. The van der Waals surface area contributed by atoms with E-state index in [2.05, 4.69) is 4.98 Å². The van der Waals surface area contributed by atoms with Crippen LogP contribution in [0.1, 0.15) is 30.9 Å². The van der Waals surface area contributed by atoms with Crippen molar-refractivity contribution in [2.24, 2.45) is 5.73 Å².